The topological polar surface area (TPSA) is 38.1 Å². The number of halogens is 3. The zero-order chi connectivity index (χ0) is 11.8. The van der Waals surface area contributed by atoms with Crippen molar-refractivity contribution in [1.82, 2.24) is 10.3 Å². The number of benzene rings is 1. The lowest BCUT2D eigenvalue weighted by molar-refractivity contribution is -0.156. The van der Waals surface area contributed by atoms with Gasteiger partial charge in [-0.1, -0.05) is 6.07 Å². The van der Waals surface area contributed by atoms with E-state index in [9.17, 15) is 13.2 Å². The Labute approximate surface area is 89.3 Å². The second-order valence-corrected chi connectivity index (χ2v) is 3.34. The molecular weight excluding hydrogens is 221 g/mol. The second kappa shape index (κ2) is 3.79. The predicted molar refractivity (Wildman–Crippen MR) is 51.9 cm³/mol. The summed E-state index contributed by atoms with van der Waals surface area (Å²) in [5.41, 5.74) is 1.00. The van der Waals surface area contributed by atoms with Gasteiger partial charge < -0.3 is 9.73 Å². The Hall–Kier alpha value is -1.56. The minimum Gasteiger partial charge on any atom is -0.443 e. The molecular formula is C10H9F3N2O. The van der Waals surface area contributed by atoms with E-state index in [0.29, 0.717) is 11.1 Å². The van der Waals surface area contributed by atoms with Crippen LogP contribution in [0.5, 0.6) is 0 Å². The molecule has 2 rings (SSSR count). The highest BCUT2D eigenvalue weighted by Gasteiger charge is 2.39. The molecule has 1 aromatic carbocycles. The lowest BCUT2D eigenvalue weighted by Crippen LogP contribution is -2.31. The largest absolute Gasteiger partial charge is 0.443 e. The molecule has 1 atom stereocenters. The molecule has 0 aliphatic carbocycles. The smallest absolute Gasteiger partial charge is 0.407 e. The monoisotopic (exact) mass is 230 g/mol. The molecule has 16 heavy (non-hydrogen) atoms. The van der Waals surface area contributed by atoms with E-state index in [1.54, 1.807) is 0 Å². The van der Waals surface area contributed by atoms with Crippen LogP contribution in [0, 0.1) is 0 Å². The summed E-state index contributed by atoms with van der Waals surface area (Å²) in [5.74, 6) is 0. The number of rotatable bonds is 2. The molecule has 1 N–H and O–H groups in total. The molecule has 3 nitrogen and oxygen atoms in total. The van der Waals surface area contributed by atoms with Crippen molar-refractivity contribution in [2.75, 3.05) is 7.05 Å². The van der Waals surface area contributed by atoms with Crippen molar-refractivity contribution in [2.24, 2.45) is 0 Å². The first-order valence-corrected chi connectivity index (χ1v) is 4.59. The van der Waals surface area contributed by atoms with Crippen molar-refractivity contribution in [2.45, 2.75) is 12.2 Å². The summed E-state index contributed by atoms with van der Waals surface area (Å²) in [6, 6.07) is 2.54. The number of aromatic nitrogens is 1. The van der Waals surface area contributed by atoms with Crippen LogP contribution in [0.2, 0.25) is 0 Å². The summed E-state index contributed by atoms with van der Waals surface area (Å²) in [6.45, 7) is 0. The van der Waals surface area contributed by atoms with Crippen LogP contribution in [-0.4, -0.2) is 18.2 Å². The van der Waals surface area contributed by atoms with E-state index < -0.39 is 12.2 Å². The molecule has 2 aromatic rings. The zero-order valence-electron chi connectivity index (χ0n) is 8.38. The molecule has 1 heterocycles. The molecule has 0 fully saturated rings. The number of hydrogen-bond donors (Lipinski definition) is 1. The van der Waals surface area contributed by atoms with Crippen LogP contribution in [-0.2, 0) is 0 Å². The quantitative estimate of drug-likeness (QED) is 0.861. The van der Waals surface area contributed by atoms with E-state index in [-0.39, 0.29) is 5.56 Å². The number of hydrogen-bond acceptors (Lipinski definition) is 3. The Morgan fingerprint density at radius 3 is 2.75 bits per heavy atom. The minimum atomic E-state index is -4.33. The molecule has 0 bridgehead atoms. The van der Waals surface area contributed by atoms with Crippen molar-refractivity contribution >= 4 is 11.1 Å². The number of nitrogens with zero attached hydrogens (tertiary/aromatic N) is 1. The third-order valence-electron chi connectivity index (χ3n) is 2.30. The summed E-state index contributed by atoms with van der Waals surface area (Å²) in [7, 11) is 1.27. The van der Waals surface area contributed by atoms with Crippen molar-refractivity contribution in [3.05, 3.63) is 30.2 Å². The first-order valence-electron chi connectivity index (χ1n) is 4.59. The molecule has 6 heteroatoms. The van der Waals surface area contributed by atoms with Gasteiger partial charge in [-0.15, -0.1) is 0 Å². The minimum absolute atomic E-state index is 0.110. The standard InChI is InChI=1S/C10H9F3N2O/c1-14-9(10(11,12)13)6-2-3-7-8(4-6)16-5-15-7/h2-5,9,14H,1H3. The lowest BCUT2D eigenvalue weighted by atomic mass is 10.1. The van der Waals surface area contributed by atoms with Crippen LogP contribution in [0.4, 0.5) is 13.2 Å². The summed E-state index contributed by atoms with van der Waals surface area (Å²) < 4.78 is 42.8. The average Bonchev–Trinajstić information content (AvgIpc) is 2.63. The highest BCUT2D eigenvalue weighted by Crippen LogP contribution is 2.33. The second-order valence-electron chi connectivity index (χ2n) is 3.34. The van der Waals surface area contributed by atoms with Crippen LogP contribution in [0.1, 0.15) is 11.6 Å². The molecule has 1 unspecified atom stereocenters. The molecule has 0 saturated heterocycles. The van der Waals surface area contributed by atoms with Crippen LogP contribution in [0.3, 0.4) is 0 Å². The van der Waals surface area contributed by atoms with Crippen LogP contribution >= 0.6 is 0 Å². The average molecular weight is 230 g/mol. The van der Waals surface area contributed by atoms with E-state index in [1.807, 2.05) is 0 Å². The fourth-order valence-corrected chi connectivity index (χ4v) is 1.57. The summed E-state index contributed by atoms with van der Waals surface area (Å²) in [6.07, 6.45) is -3.13. The zero-order valence-corrected chi connectivity index (χ0v) is 8.38. The molecule has 0 amide bonds. The van der Waals surface area contributed by atoms with Gasteiger partial charge in [-0.25, -0.2) is 4.98 Å². The van der Waals surface area contributed by atoms with Crippen molar-refractivity contribution in [1.29, 1.82) is 0 Å². The number of nitrogens with one attached hydrogen (secondary N) is 1. The van der Waals surface area contributed by atoms with Gasteiger partial charge in [0.25, 0.3) is 0 Å². The van der Waals surface area contributed by atoms with Crippen LogP contribution in [0.25, 0.3) is 11.1 Å². The molecule has 0 spiro atoms. The van der Waals surface area contributed by atoms with Gasteiger partial charge in [0.2, 0.25) is 0 Å². The Bertz CT molecular complexity index is 492. The van der Waals surface area contributed by atoms with Gasteiger partial charge in [0, 0.05) is 0 Å². The van der Waals surface area contributed by atoms with Gasteiger partial charge in [0.05, 0.1) is 0 Å². The van der Waals surface area contributed by atoms with Gasteiger partial charge in [0.15, 0.2) is 12.0 Å². The molecule has 86 valence electrons. The molecule has 0 aliphatic heterocycles. The maximum atomic E-state index is 12.6. The number of fused-ring (bicyclic) bond motifs is 1. The van der Waals surface area contributed by atoms with E-state index in [0.717, 1.165) is 0 Å². The van der Waals surface area contributed by atoms with Crippen molar-refractivity contribution < 1.29 is 17.6 Å². The van der Waals surface area contributed by atoms with E-state index in [2.05, 4.69) is 10.3 Å². The summed E-state index contributed by atoms with van der Waals surface area (Å²) in [5, 5.41) is 2.23. The highest BCUT2D eigenvalue weighted by molar-refractivity contribution is 5.72. The fourth-order valence-electron chi connectivity index (χ4n) is 1.57. The third kappa shape index (κ3) is 1.88. The Balaban J connectivity index is 2.45. The van der Waals surface area contributed by atoms with Crippen LogP contribution < -0.4 is 5.32 Å². The lowest BCUT2D eigenvalue weighted by Gasteiger charge is -2.19. The highest BCUT2D eigenvalue weighted by atomic mass is 19.4. The Morgan fingerprint density at radius 2 is 2.12 bits per heavy atom. The first-order chi connectivity index (χ1) is 7.52. The Kier molecular flexibility index (Phi) is 2.59. The third-order valence-corrected chi connectivity index (χ3v) is 2.30. The van der Waals surface area contributed by atoms with Gasteiger partial charge in [-0.2, -0.15) is 13.2 Å². The molecule has 0 radical (unpaired) electrons. The van der Waals surface area contributed by atoms with Crippen LogP contribution in [0.15, 0.2) is 29.0 Å². The number of alkyl halides is 3. The van der Waals surface area contributed by atoms with E-state index in [4.69, 9.17) is 4.42 Å². The molecule has 0 saturated carbocycles. The van der Waals surface area contributed by atoms with Gasteiger partial charge >= 0.3 is 6.18 Å². The first kappa shape index (κ1) is 10.9. The SMILES string of the molecule is CNC(c1ccc2ncoc2c1)C(F)(F)F. The van der Waals surface area contributed by atoms with E-state index in [1.165, 1.54) is 31.6 Å². The number of oxazole rings is 1. The fraction of sp³-hybridized carbons (Fsp3) is 0.300. The Morgan fingerprint density at radius 1 is 1.38 bits per heavy atom. The summed E-state index contributed by atoms with van der Waals surface area (Å²) in [4.78, 5) is 3.84. The van der Waals surface area contributed by atoms with Crippen molar-refractivity contribution in [3.8, 4) is 0 Å². The molecule has 1 aromatic heterocycles. The predicted octanol–water partition coefficient (Wildman–Crippen LogP) is 2.65. The van der Waals surface area contributed by atoms with Gasteiger partial charge in [-0.05, 0) is 24.7 Å². The van der Waals surface area contributed by atoms with Gasteiger partial charge in [-0.3, -0.25) is 0 Å². The normalized spacial score (nSPS) is 14.2. The maximum Gasteiger partial charge on any atom is 0.407 e. The van der Waals surface area contributed by atoms with Gasteiger partial charge in [0.1, 0.15) is 11.6 Å². The maximum absolute atomic E-state index is 12.6. The van der Waals surface area contributed by atoms with E-state index >= 15 is 0 Å². The summed E-state index contributed by atoms with van der Waals surface area (Å²) >= 11 is 0. The molecule has 0 aliphatic rings. The van der Waals surface area contributed by atoms with Crippen molar-refractivity contribution in [3.63, 3.8) is 0 Å².